The average molecular weight is 372 g/mol. The number of anilines is 1. The first-order valence-electron chi connectivity index (χ1n) is 9.73. The van der Waals surface area contributed by atoms with Gasteiger partial charge in [0.15, 0.2) is 0 Å². The number of benzene rings is 1. The molecule has 0 atom stereocenters. The Balaban J connectivity index is 1.43. The first-order chi connectivity index (χ1) is 12.7. The molecule has 3 heterocycles. The van der Waals surface area contributed by atoms with E-state index in [1.54, 1.807) is 11.8 Å². The van der Waals surface area contributed by atoms with Crippen LogP contribution in [-0.2, 0) is 4.74 Å². The molecule has 2 aliphatic heterocycles. The summed E-state index contributed by atoms with van der Waals surface area (Å²) in [5, 5.41) is 1.27. The number of ether oxygens (including phenoxy) is 1. The van der Waals surface area contributed by atoms with Crippen molar-refractivity contribution in [2.24, 2.45) is 5.92 Å². The number of aromatic nitrogens is 1. The lowest BCUT2D eigenvalue weighted by molar-refractivity contribution is 0.0289. The summed E-state index contributed by atoms with van der Waals surface area (Å²) in [7, 11) is 0. The maximum absolute atomic E-state index is 5.47. The number of pyridine rings is 1. The molecular weight excluding hydrogens is 342 g/mol. The van der Waals surface area contributed by atoms with Gasteiger partial charge in [-0.05, 0) is 55.7 Å². The van der Waals surface area contributed by atoms with Gasteiger partial charge in [0, 0.05) is 43.0 Å². The minimum absolute atomic E-state index is 0.814. The van der Waals surface area contributed by atoms with Crippen molar-refractivity contribution >= 4 is 28.5 Å². The molecule has 1 aromatic carbocycles. The molecule has 2 aromatic rings. The normalized spacial score (nSPS) is 20.0. The second kappa shape index (κ2) is 8.15. The fourth-order valence-corrected chi connectivity index (χ4v) is 4.58. The third-order valence-corrected chi connectivity index (χ3v) is 6.49. The van der Waals surface area contributed by atoms with Gasteiger partial charge in [0.1, 0.15) is 5.82 Å². The molecule has 0 unspecified atom stereocenters. The number of rotatable bonds is 4. The molecule has 0 N–H and O–H groups in total. The number of hydrogen-bond acceptors (Lipinski definition) is 5. The molecule has 1 aromatic heterocycles. The summed E-state index contributed by atoms with van der Waals surface area (Å²) < 4.78 is 5.47. The van der Waals surface area contributed by atoms with Gasteiger partial charge < -0.3 is 9.64 Å². The third-order valence-electron chi connectivity index (χ3n) is 5.77. The highest BCUT2D eigenvalue weighted by Crippen LogP contribution is 2.29. The lowest BCUT2D eigenvalue weighted by Crippen LogP contribution is -2.43. The van der Waals surface area contributed by atoms with Gasteiger partial charge in [0.25, 0.3) is 0 Å². The van der Waals surface area contributed by atoms with Gasteiger partial charge in [-0.3, -0.25) is 4.90 Å². The molecule has 26 heavy (non-hydrogen) atoms. The number of morpholine rings is 1. The maximum Gasteiger partial charge on any atom is 0.129 e. The summed E-state index contributed by atoms with van der Waals surface area (Å²) >= 11 is 1.78. The fraction of sp³-hybridized carbons (Fsp3) is 0.571. The van der Waals surface area contributed by atoms with E-state index in [4.69, 9.17) is 9.72 Å². The molecule has 2 aliphatic rings. The van der Waals surface area contributed by atoms with Gasteiger partial charge in [0.05, 0.1) is 18.7 Å². The van der Waals surface area contributed by atoms with E-state index in [2.05, 4.69) is 47.2 Å². The highest BCUT2D eigenvalue weighted by Gasteiger charge is 2.23. The SMILES string of the molecule is CSc1ccc2c(C)cc(N3CCC(CN4CCOCC4)CC3)nc2c1. The second-order valence-corrected chi connectivity index (χ2v) is 8.40. The van der Waals surface area contributed by atoms with E-state index in [1.165, 1.54) is 35.2 Å². The van der Waals surface area contributed by atoms with Crippen molar-refractivity contribution in [3.8, 4) is 0 Å². The van der Waals surface area contributed by atoms with Crippen molar-refractivity contribution < 1.29 is 4.74 Å². The number of thioether (sulfide) groups is 1. The van der Waals surface area contributed by atoms with Crippen molar-refractivity contribution in [1.82, 2.24) is 9.88 Å². The van der Waals surface area contributed by atoms with Gasteiger partial charge in [0.2, 0.25) is 0 Å². The minimum atomic E-state index is 0.814. The molecule has 4 rings (SSSR count). The molecule has 2 saturated heterocycles. The van der Waals surface area contributed by atoms with Gasteiger partial charge >= 0.3 is 0 Å². The number of fused-ring (bicyclic) bond motifs is 1. The summed E-state index contributed by atoms with van der Waals surface area (Å²) in [6, 6.07) is 8.89. The maximum atomic E-state index is 5.47. The van der Waals surface area contributed by atoms with Crippen LogP contribution in [0.3, 0.4) is 0 Å². The van der Waals surface area contributed by atoms with Crippen molar-refractivity contribution in [2.75, 3.05) is 57.1 Å². The second-order valence-electron chi connectivity index (χ2n) is 7.52. The Morgan fingerprint density at radius 3 is 2.62 bits per heavy atom. The Bertz CT molecular complexity index is 752. The molecule has 0 amide bonds. The van der Waals surface area contributed by atoms with Crippen LogP contribution >= 0.6 is 11.8 Å². The minimum Gasteiger partial charge on any atom is -0.379 e. The zero-order valence-corrected chi connectivity index (χ0v) is 16.7. The molecule has 0 radical (unpaired) electrons. The van der Waals surface area contributed by atoms with Crippen LogP contribution in [0, 0.1) is 12.8 Å². The quantitative estimate of drug-likeness (QED) is 0.762. The van der Waals surface area contributed by atoms with Crippen LogP contribution in [0.25, 0.3) is 10.9 Å². The Hall–Kier alpha value is -1.30. The van der Waals surface area contributed by atoms with Crippen molar-refractivity contribution in [2.45, 2.75) is 24.7 Å². The van der Waals surface area contributed by atoms with Crippen LogP contribution in [0.5, 0.6) is 0 Å². The first-order valence-corrected chi connectivity index (χ1v) is 11.0. The fourth-order valence-electron chi connectivity index (χ4n) is 4.15. The van der Waals surface area contributed by atoms with Crippen LogP contribution in [0.1, 0.15) is 18.4 Å². The van der Waals surface area contributed by atoms with E-state index in [0.29, 0.717) is 0 Å². The number of hydrogen-bond donors (Lipinski definition) is 0. The summed E-state index contributed by atoms with van der Waals surface area (Å²) in [4.78, 5) is 11.3. The highest BCUT2D eigenvalue weighted by atomic mass is 32.2. The summed E-state index contributed by atoms with van der Waals surface area (Å²) in [5.74, 6) is 1.96. The standard InChI is InChI=1S/C21H29N3OS/c1-16-13-21(22-20-14-18(26-2)3-4-19(16)20)24-7-5-17(6-8-24)15-23-9-11-25-12-10-23/h3-4,13-14,17H,5-12,15H2,1-2H3. The van der Waals surface area contributed by atoms with Gasteiger partial charge in [-0.2, -0.15) is 0 Å². The van der Waals surface area contributed by atoms with Crippen LogP contribution in [0.2, 0.25) is 0 Å². The van der Waals surface area contributed by atoms with Gasteiger partial charge in [-0.15, -0.1) is 11.8 Å². The van der Waals surface area contributed by atoms with E-state index >= 15 is 0 Å². The first kappa shape index (κ1) is 18.1. The molecule has 5 heteroatoms. The Kier molecular flexibility index (Phi) is 5.67. The zero-order chi connectivity index (χ0) is 17.9. The van der Waals surface area contributed by atoms with E-state index in [1.807, 2.05) is 0 Å². The van der Waals surface area contributed by atoms with Crippen LogP contribution in [-0.4, -0.2) is 62.1 Å². The van der Waals surface area contributed by atoms with E-state index in [9.17, 15) is 0 Å². The predicted octanol–water partition coefficient (Wildman–Crippen LogP) is 3.81. The van der Waals surface area contributed by atoms with Crippen molar-refractivity contribution in [3.05, 3.63) is 29.8 Å². The molecular formula is C21H29N3OS. The Morgan fingerprint density at radius 1 is 1.12 bits per heavy atom. The van der Waals surface area contributed by atoms with Crippen molar-refractivity contribution in [1.29, 1.82) is 0 Å². The molecule has 4 nitrogen and oxygen atoms in total. The lowest BCUT2D eigenvalue weighted by Gasteiger charge is -2.36. The number of nitrogens with zero attached hydrogens (tertiary/aromatic N) is 3. The summed E-state index contributed by atoms with van der Waals surface area (Å²) in [6.45, 7) is 9.68. The van der Waals surface area contributed by atoms with Crippen LogP contribution < -0.4 is 4.90 Å². The number of aryl methyl sites for hydroxylation is 1. The summed E-state index contributed by atoms with van der Waals surface area (Å²) in [5.41, 5.74) is 2.45. The summed E-state index contributed by atoms with van der Waals surface area (Å²) in [6.07, 6.45) is 4.65. The van der Waals surface area contributed by atoms with Crippen molar-refractivity contribution in [3.63, 3.8) is 0 Å². The topological polar surface area (TPSA) is 28.6 Å². The Morgan fingerprint density at radius 2 is 1.88 bits per heavy atom. The van der Waals surface area contributed by atoms with Crippen LogP contribution in [0.15, 0.2) is 29.2 Å². The van der Waals surface area contributed by atoms with E-state index in [-0.39, 0.29) is 0 Å². The average Bonchev–Trinajstić information content (AvgIpc) is 2.69. The number of piperidine rings is 1. The molecule has 0 saturated carbocycles. The molecule has 0 aliphatic carbocycles. The third kappa shape index (κ3) is 4.00. The van der Waals surface area contributed by atoms with E-state index < -0.39 is 0 Å². The molecule has 0 spiro atoms. The molecule has 2 fully saturated rings. The smallest absolute Gasteiger partial charge is 0.129 e. The van der Waals surface area contributed by atoms with Gasteiger partial charge in [-0.1, -0.05) is 6.07 Å². The Labute approximate surface area is 160 Å². The largest absolute Gasteiger partial charge is 0.379 e. The van der Waals surface area contributed by atoms with E-state index in [0.717, 1.165) is 56.6 Å². The van der Waals surface area contributed by atoms with Gasteiger partial charge in [-0.25, -0.2) is 4.98 Å². The highest BCUT2D eigenvalue weighted by molar-refractivity contribution is 7.98. The molecule has 140 valence electrons. The predicted molar refractivity (Wildman–Crippen MR) is 110 cm³/mol. The monoisotopic (exact) mass is 371 g/mol. The zero-order valence-electron chi connectivity index (χ0n) is 15.9. The van der Waals surface area contributed by atoms with Crippen LogP contribution in [0.4, 0.5) is 5.82 Å². The molecule has 0 bridgehead atoms. The lowest BCUT2D eigenvalue weighted by atomic mass is 9.96.